The van der Waals surface area contributed by atoms with Crippen LogP contribution in [0, 0.1) is 5.82 Å². The van der Waals surface area contributed by atoms with Crippen molar-refractivity contribution in [2.24, 2.45) is 0 Å². The lowest BCUT2D eigenvalue weighted by Gasteiger charge is -2.21. The first kappa shape index (κ1) is 9.90. The molecule has 0 spiro atoms. The van der Waals surface area contributed by atoms with Crippen LogP contribution in [-0.4, -0.2) is 18.2 Å². The van der Waals surface area contributed by atoms with E-state index in [0.29, 0.717) is 17.8 Å². The predicted octanol–water partition coefficient (Wildman–Crippen LogP) is 2.14. The van der Waals surface area contributed by atoms with Crippen LogP contribution < -0.4 is 11.1 Å². The van der Waals surface area contributed by atoms with Gasteiger partial charge >= 0.3 is 0 Å². The van der Waals surface area contributed by atoms with Gasteiger partial charge in [-0.05, 0) is 37.5 Å². The highest BCUT2D eigenvalue weighted by molar-refractivity contribution is 5.55. The van der Waals surface area contributed by atoms with Gasteiger partial charge < -0.3 is 15.8 Å². The number of nitrogens with one attached hydrogen (secondary N) is 1. The van der Waals surface area contributed by atoms with Gasteiger partial charge in [-0.1, -0.05) is 0 Å². The Labute approximate surface area is 93.8 Å². The number of anilines is 2. The predicted molar refractivity (Wildman–Crippen MR) is 60.7 cm³/mol. The summed E-state index contributed by atoms with van der Waals surface area (Å²) in [5, 5.41) is 3.31. The van der Waals surface area contributed by atoms with E-state index in [1.807, 2.05) is 0 Å². The lowest BCUT2D eigenvalue weighted by Crippen LogP contribution is -2.30. The zero-order chi connectivity index (χ0) is 11.1. The number of ether oxygens (including phenoxy) is 1. The SMILES string of the molecule is Nc1cc(F)cc(NC2CC3CCC2O3)c1. The fourth-order valence-electron chi connectivity index (χ4n) is 2.70. The Morgan fingerprint density at radius 1 is 1.31 bits per heavy atom. The Kier molecular flexibility index (Phi) is 2.24. The summed E-state index contributed by atoms with van der Waals surface area (Å²) < 4.78 is 18.9. The van der Waals surface area contributed by atoms with Crippen molar-refractivity contribution in [2.75, 3.05) is 11.1 Å². The molecule has 0 aromatic heterocycles. The molecule has 2 aliphatic rings. The Bertz CT molecular complexity index is 390. The molecule has 4 heteroatoms. The molecule has 2 aliphatic heterocycles. The molecule has 16 heavy (non-hydrogen) atoms. The first-order valence-electron chi connectivity index (χ1n) is 5.69. The van der Waals surface area contributed by atoms with Gasteiger partial charge in [-0.25, -0.2) is 4.39 Å². The van der Waals surface area contributed by atoms with Crippen molar-refractivity contribution in [3.05, 3.63) is 24.0 Å². The van der Waals surface area contributed by atoms with Crippen LogP contribution in [0.5, 0.6) is 0 Å². The Balaban J connectivity index is 1.74. The summed E-state index contributed by atoms with van der Waals surface area (Å²) in [5.74, 6) is -0.299. The molecule has 3 nitrogen and oxygen atoms in total. The minimum atomic E-state index is -0.299. The number of nitrogen functional groups attached to an aromatic ring is 1. The highest BCUT2D eigenvalue weighted by Gasteiger charge is 2.40. The van der Waals surface area contributed by atoms with Crippen LogP contribution in [0.4, 0.5) is 15.8 Å². The quantitative estimate of drug-likeness (QED) is 0.754. The van der Waals surface area contributed by atoms with Crippen molar-refractivity contribution >= 4 is 11.4 Å². The van der Waals surface area contributed by atoms with E-state index in [1.165, 1.54) is 12.1 Å². The minimum absolute atomic E-state index is 0.287. The van der Waals surface area contributed by atoms with E-state index in [-0.39, 0.29) is 11.9 Å². The summed E-state index contributed by atoms with van der Waals surface area (Å²) in [6.07, 6.45) is 3.96. The molecule has 2 fully saturated rings. The smallest absolute Gasteiger partial charge is 0.127 e. The van der Waals surface area contributed by atoms with E-state index in [9.17, 15) is 4.39 Å². The van der Waals surface area contributed by atoms with Gasteiger partial charge in [0, 0.05) is 11.4 Å². The summed E-state index contributed by atoms with van der Waals surface area (Å²) in [6, 6.07) is 4.86. The van der Waals surface area contributed by atoms with E-state index in [2.05, 4.69) is 5.32 Å². The molecule has 86 valence electrons. The summed E-state index contributed by atoms with van der Waals surface area (Å²) in [5.41, 5.74) is 6.80. The summed E-state index contributed by atoms with van der Waals surface area (Å²) in [7, 11) is 0. The molecule has 3 rings (SSSR count). The normalized spacial score (nSPS) is 31.9. The molecule has 3 unspecified atom stereocenters. The second-order valence-corrected chi connectivity index (χ2v) is 4.63. The van der Waals surface area contributed by atoms with E-state index in [1.54, 1.807) is 6.07 Å². The zero-order valence-electron chi connectivity index (χ0n) is 8.95. The molecule has 1 aromatic rings. The maximum Gasteiger partial charge on any atom is 0.127 e. The Hall–Kier alpha value is -1.29. The second-order valence-electron chi connectivity index (χ2n) is 4.63. The Morgan fingerprint density at radius 2 is 2.19 bits per heavy atom. The first-order chi connectivity index (χ1) is 7.70. The van der Waals surface area contributed by atoms with E-state index in [0.717, 1.165) is 24.9 Å². The van der Waals surface area contributed by atoms with Gasteiger partial charge in [0.25, 0.3) is 0 Å². The first-order valence-corrected chi connectivity index (χ1v) is 5.69. The lowest BCUT2D eigenvalue weighted by atomic mass is 9.95. The van der Waals surface area contributed by atoms with Gasteiger partial charge in [-0.3, -0.25) is 0 Å². The molecule has 0 aliphatic carbocycles. The highest BCUT2D eigenvalue weighted by Crippen LogP contribution is 2.36. The molecule has 3 N–H and O–H groups in total. The van der Waals surface area contributed by atoms with Gasteiger partial charge in [-0.15, -0.1) is 0 Å². The van der Waals surface area contributed by atoms with Gasteiger partial charge in [0.2, 0.25) is 0 Å². The lowest BCUT2D eigenvalue weighted by molar-refractivity contribution is 0.102. The van der Waals surface area contributed by atoms with E-state index in [4.69, 9.17) is 10.5 Å². The third-order valence-corrected chi connectivity index (χ3v) is 3.38. The molecule has 2 heterocycles. The molecule has 2 saturated heterocycles. The average Bonchev–Trinajstić information content (AvgIpc) is 2.77. The highest BCUT2D eigenvalue weighted by atomic mass is 19.1. The average molecular weight is 222 g/mol. The van der Waals surface area contributed by atoms with Crippen LogP contribution in [0.2, 0.25) is 0 Å². The van der Waals surface area contributed by atoms with Gasteiger partial charge in [-0.2, -0.15) is 0 Å². The number of fused-ring (bicyclic) bond motifs is 2. The molecular weight excluding hydrogens is 207 g/mol. The monoisotopic (exact) mass is 222 g/mol. The maximum absolute atomic E-state index is 13.1. The van der Waals surface area contributed by atoms with Crippen molar-refractivity contribution in [2.45, 2.75) is 37.5 Å². The van der Waals surface area contributed by atoms with Crippen LogP contribution in [0.3, 0.4) is 0 Å². The molecule has 3 atom stereocenters. The van der Waals surface area contributed by atoms with E-state index < -0.39 is 0 Å². The third-order valence-electron chi connectivity index (χ3n) is 3.38. The molecule has 2 bridgehead atoms. The van der Waals surface area contributed by atoms with E-state index >= 15 is 0 Å². The number of rotatable bonds is 2. The number of hydrogen-bond acceptors (Lipinski definition) is 3. The van der Waals surface area contributed by atoms with Crippen LogP contribution in [-0.2, 0) is 4.74 Å². The standard InChI is InChI=1S/C12H15FN2O/c13-7-3-8(14)5-9(4-7)15-11-6-10-1-2-12(11)16-10/h3-5,10-12,15H,1-2,6,14H2. The molecule has 0 saturated carbocycles. The van der Waals surface area contributed by atoms with Crippen LogP contribution in [0.1, 0.15) is 19.3 Å². The molecular formula is C12H15FN2O. The molecule has 0 radical (unpaired) electrons. The zero-order valence-corrected chi connectivity index (χ0v) is 8.95. The van der Waals surface area contributed by atoms with Crippen molar-refractivity contribution in [3.8, 4) is 0 Å². The van der Waals surface area contributed by atoms with Gasteiger partial charge in [0.1, 0.15) is 5.82 Å². The summed E-state index contributed by atoms with van der Waals surface area (Å²) >= 11 is 0. The maximum atomic E-state index is 13.1. The minimum Gasteiger partial charge on any atom is -0.399 e. The number of hydrogen-bond donors (Lipinski definition) is 2. The van der Waals surface area contributed by atoms with Crippen molar-refractivity contribution in [1.82, 2.24) is 0 Å². The molecule has 1 aromatic carbocycles. The van der Waals surface area contributed by atoms with Crippen molar-refractivity contribution in [1.29, 1.82) is 0 Å². The second kappa shape index (κ2) is 3.63. The number of benzene rings is 1. The van der Waals surface area contributed by atoms with Crippen LogP contribution in [0.25, 0.3) is 0 Å². The fraction of sp³-hybridized carbons (Fsp3) is 0.500. The number of halogens is 1. The fourth-order valence-corrected chi connectivity index (χ4v) is 2.70. The van der Waals surface area contributed by atoms with Crippen molar-refractivity contribution < 1.29 is 9.13 Å². The summed E-state index contributed by atoms with van der Waals surface area (Å²) in [6.45, 7) is 0. The molecule has 0 amide bonds. The number of nitrogens with two attached hydrogens (primary N) is 1. The largest absolute Gasteiger partial charge is 0.399 e. The van der Waals surface area contributed by atoms with Gasteiger partial charge in [0.05, 0.1) is 18.2 Å². The van der Waals surface area contributed by atoms with Gasteiger partial charge in [0.15, 0.2) is 0 Å². The van der Waals surface area contributed by atoms with Crippen LogP contribution >= 0.6 is 0 Å². The topological polar surface area (TPSA) is 47.3 Å². The third kappa shape index (κ3) is 1.73. The summed E-state index contributed by atoms with van der Waals surface area (Å²) in [4.78, 5) is 0. The van der Waals surface area contributed by atoms with Crippen molar-refractivity contribution in [3.63, 3.8) is 0 Å². The Morgan fingerprint density at radius 3 is 2.81 bits per heavy atom. The van der Waals surface area contributed by atoms with Crippen LogP contribution in [0.15, 0.2) is 18.2 Å².